The largest absolute Gasteiger partial charge is 0.469 e. The summed E-state index contributed by atoms with van der Waals surface area (Å²) in [5.74, 6) is 0.0259. The van der Waals surface area contributed by atoms with Gasteiger partial charge in [0.05, 0.1) is 33.0 Å². The summed E-state index contributed by atoms with van der Waals surface area (Å²) in [6.45, 7) is 2.90. The van der Waals surface area contributed by atoms with E-state index in [-0.39, 0.29) is 54.3 Å². The van der Waals surface area contributed by atoms with Crippen LogP contribution in [0.15, 0.2) is 30.6 Å². The van der Waals surface area contributed by atoms with Crippen LogP contribution in [-0.4, -0.2) is 102 Å². The molecule has 2 aromatic heterocycles. The van der Waals surface area contributed by atoms with Crippen molar-refractivity contribution in [3.63, 3.8) is 0 Å². The first-order valence-corrected chi connectivity index (χ1v) is 18.5. The maximum absolute atomic E-state index is 13.9. The lowest BCUT2D eigenvalue weighted by molar-refractivity contribution is -0.140. The molecule has 1 saturated heterocycles. The zero-order valence-corrected chi connectivity index (χ0v) is 29.1. The van der Waals surface area contributed by atoms with Gasteiger partial charge in [0, 0.05) is 20.0 Å². The molecule has 0 aliphatic carbocycles. The second-order valence-electron chi connectivity index (χ2n) is 11.7. The van der Waals surface area contributed by atoms with E-state index in [0.29, 0.717) is 19.3 Å². The Hall–Kier alpha value is -3.42. The lowest BCUT2D eigenvalue weighted by Gasteiger charge is -2.27. The molecule has 0 spiro atoms. The van der Waals surface area contributed by atoms with Crippen LogP contribution in [-0.2, 0) is 33.4 Å². The van der Waals surface area contributed by atoms with Crippen LogP contribution in [0.2, 0.25) is 0 Å². The summed E-state index contributed by atoms with van der Waals surface area (Å²) in [7, 11) is -4.64. The van der Waals surface area contributed by atoms with Gasteiger partial charge < -0.3 is 34.8 Å². The standard InChI is InChI=1S/C28H43N8O10PS/c1-18-10-12-19(13-11-18)46-47(40,31-14-8-6-7-9-21(37)43-4)44-15-20-23(38)28(2,39)26(45-20)36-16-30-22-24(33-27(29)34-25(22)36)35(3)17-32-48(5,41)42/h10-13,16,20,23,26,32,38-39H,6-9,14-15,17H2,1-5H3,(H,31,40)(H2,29,33,34)/t20?,23-,26?,28-,47?/m1/s1. The Morgan fingerprint density at radius 2 is 1.94 bits per heavy atom. The van der Waals surface area contributed by atoms with Gasteiger partial charge in [0.1, 0.15) is 23.6 Å². The van der Waals surface area contributed by atoms with E-state index in [0.717, 1.165) is 11.8 Å². The lowest BCUT2D eigenvalue weighted by atomic mass is 9.96. The highest BCUT2D eigenvalue weighted by molar-refractivity contribution is 7.88. The highest BCUT2D eigenvalue weighted by Crippen LogP contribution is 2.47. The number of benzene rings is 1. The normalized spacial score (nSPS) is 22.4. The zero-order valence-electron chi connectivity index (χ0n) is 27.4. The van der Waals surface area contributed by atoms with Crippen LogP contribution >= 0.6 is 7.75 Å². The first kappa shape index (κ1) is 37.4. The van der Waals surface area contributed by atoms with E-state index in [9.17, 15) is 28.0 Å². The van der Waals surface area contributed by atoms with Gasteiger partial charge in [-0.1, -0.05) is 24.1 Å². The average Bonchev–Trinajstić information content (AvgIpc) is 3.53. The van der Waals surface area contributed by atoms with Gasteiger partial charge in [-0.3, -0.25) is 13.9 Å². The fraction of sp³-hybridized carbons (Fsp3) is 0.571. The molecule has 18 nitrogen and oxygen atoms in total. The van der Waals surface area contributed by atoms with Crippen molar-refractivity contribution in [3.05, 3.63) is 36.2 Å². The summed E-state index contributed by atoms with van der Waals surface area (Å²) >= 11 is 0. The van der Waals surface area contributed by atoms with E-state index in [4.69, 9.17) is 19.5 Å². The monoisotopic (exact) mass is 714 g/mol. The van der Waals surface area contributed by atoms with Crippen molar-refractivity contribution >= 4 is 46.7 Å². The third kappa shape index (κ3) is 9.38. The Balaban J connectivity index is 1.50. The number of aliphatic hydroxyl groups excluding tert-OH is 1. The van der Waals surface area contributed by atoms with Crippen LogP contribution in [0.3, 0.4) is 0 Å². The zero-order chi connectivity index (χ0) is 35.3. The fourth-order valence-electron chi connectivity index (χ4n) is 4.93. The first-order valence-electron chi connectivity index (χ1n) is 15.1. The number of nitrogen functional groups attached to an aromatic ring is 1. The molecule has 48 heavy (non-hydrogen) atoms. The number of carbonyl (C=O) groups is 1. The van der Waals surface area contributed by atoms with Gasteiger partial charge in [0.15, 0.2) is 23.2 Å². The van der Waals surface area contributed by atoms with Crippen LogP contribution in [0.5, 0.6) is 5.75 Å². The fourth-order valence-corrected chi connectivity index (χ4v) is 6.74. The van der Waals surface area contributed by atoms with Crippen LogP contribution in [0.4, 0.5) is 11.8 Å². The lowest BCUT2D eigenvalue weighted by Crippen LogP contribution is -2.44. The number of nitrogens with one attached hydrogen (secondary N) is 2. The van der Waals surface area contributed by atoms with Gasteiger partial charge in [0.25, 0.3) is 0 Å². The molecule has 6 N–H and O–H groups in total. The first-order chi connectivity index (χ1) is 22.5. The number of fused-ring (bicyclic) bond motifs is 1. The van der Waals surface area contributed by atoms with E-state index >= 15 is 0 Å². The number of sulfonamides is 1. The molecule has 3 unspecified atom stereocenters. The van der Waals surface area contributed by atoms with Crippen molar-refractivity contribution in [1.29, 1.82) is 0 Å². The van der Waals surface area contributed by atoms with Crippen LogP contribution in [0.1, 0.15) is 44.4 Å². The smallest absolute Gasteiger partial charge is 0.458 e. The number of aromatic nitrogens is 4. The van der Waals surface area contributed by atoms with Crippen molar-refractivity contribution in [2.24, 2.45) is 0 Å². The van der Waals surface area contributed by atoms with Gasteiger partial charge in [-0.25, -0.2) is 23.1 Å². The summed E-state index contributed by atoms with van der Waals surface area (Å²) in [6, 6.07) is 6.86. The molecule has 266 valence electrons. The predicted molar refractivity (Wildman–Crippen MR) is 175 cm³/mol. The molecule has 5 atom stereocenters. The number of carbonyl (C=O) groups excluding carboxylic acids is 1. The molecule has 0 amide bonds. The minimum atomic E-state index is -4.04. The van der Waals surface area contributed by atoms with E-state index in [2.05, 4.69) is 29.5 Å². The molecule has 0 bridgehead atoms. The minimum absolute atomic E-state index is 0.140. The number of aryl methyl sites for hydroxylation is 1. The number of methoxy groups -OCH3 is 1. The summed E-state index contributed by atoms with van der Waals surface area (Å²) in [5.41, 5.74) is 5.39. The van der Waals surface area contributed by atoms with Crippen LogP contribution in [0, 0.1) is 6.92 Å². The van der Waals surface area contributed by atoms with Crippen molar-refractivity contribution in [1.82, 2.24) is 29.3 Å². The van der Waals surface area contributed by atoms with Crippen molar-refractivity contribution in [2.45, 2.75) is 63.6 Å². The van der Waals surface area contributed by atoms with Crippen molar-refractivity contribution in [2.75, 3.05) is 50.9 Å². The second-order valence-corrected chi connectivity index (χ2v) is 15.3. The summed E-state index contributed by atoms with van der Waals surface area (Å²) < 4.78 is 63.1. The highest BCUT2D eigenvalue weighted by Gasteiger charge is 2.54. The highest BCUT2D eigenvalue weighted by atomic mass is 32.2. The molecule has 3 heterocycles. The van der Waals surface area contributed by atoms with Crippen molar-refractivity contribution < 1.29 is 46.5 Å². The topological polar surface area (TPSA) is 243 Å². The van der Waals surface area contributed by atoms with Gasteiger partial charge in [-0.2, -0.15) is 14.7 Å². The minimum Gasteiger partial charge on any atom is -0.469 e. The average molecular weight is 715 g/mol. The van der Waals surface area contributed by atoms with Gasteiger partial charge in [-0.15, -0.1) is 0 Å². The van der Waals surface area contributed by atoms with E-state index in [1.54, 1.807) is 31.3 Å². The molecule has 20 heteroatoms. The maximum atomic E-state index is 13.9. The molecule has 1 aromatic carbocycles. The summed E-state index contributed by atoms with van der Waals surface area (Å²) in [5, 5.41) is 25.4. The molecule has 0 radical (unpaired) electrons. The number of rotatable bonds is 17. The van der Waals surface area contributed by atoms with Gasteiger partial charge >= 0.3 is 13.7 Å². The second kappa shape index (κ2) is 15.4. The number of esters is 1. The number of nitrogens with zero attached hydrogens (tertiary/aromatic N) is 5. The maximum Gasteiger partial charge on any atom is 0.458 e. The number of ether oxygens (including phenoxy) is 2. The molecule has 3 aromatic rings. The Morgan fingerprint density at radius 1 is 1.23 bits per heavy atom. The van der Waals surface area contributed by atoms with E-state index < -0.39 is 48.4 Å². The molecule has 1 aliphatic rings. The quantitative estimate of drug-likeness (QED) is 0.0571. The van der Waals surface area contributed by atoms with E-state index in [1.807, 2.05) is 6.92 Å². The number of unbranched alkanes of at least 4 members (excludes halogenated alkanes) is 2. The Labute approximate surface area is 278 Å². The third-order valence-corrected chi connectivity index (χ3v) is 9.80. The molecule has 4 rings (SSSR count). The Bertz CT molecular complexity index is 1720. The van der Waals surface area contributed by atoms with Crippen molar-refractivity contribution in [3.8, 4) is 5.75 Å². The summed E-state index contributed by atoms with van der Waals surface area (Å²) in [4.78, 5) is 25.6. The van der Waals surface area contributed by atoms with E-state index in [1.165, 1.54) is 29.8 Å². The number of anilines is 2. The molecular weight excluding hydrogens is 671 g/mol. The molecule has 1 fully saturated rings. The SMILES string of the molecule is COC(=O)CCCCCNP(=O)(OCC1OC(n2cnc3c(N(C)CNS(C)(=O)=O)nc(N)nc32)[C@](C)(O)[C@@H]1O)Oc1ccc(C)cc1. The Morgan fingerprint density at radius 3 is 2.60 bits per heavy atom. The van der Waals surface area contributed by atoms with Crippen LogP contribution in [0.25, 0.3) is 11.2 Å². The van der Waals surface area contributed by atoms with Crippen LogP contribution < -0.4 is 25.0 Å². The number of hydrogen-bond acceptors (Lipinski definition) is 15. The number of nitrogens with two attached hydrogens (primary N) is 1. The number of hydrogen-bond donors (Lipinski definition) is 5. The predicted octanol–water partition coefficient (Wildman–Crippen LogP) is 1.20. The molecular formula is C28H43N8O10PS. The number of imidazole rings is 1. The summed E-state index contributed by atoms with van der Waals surface area (Å²) in [6.07, 6.45) is 0.449. The number of aliphatic hydroxyl groups is 2. The third-order valence-electron chi connectivity index (χ3n) is 7.60. The molecule has 1 aliphatic heterocycles. The molecule has 0 saturated carbocycles. The van der Waals surface area contributed by atoms with Gasteiger partial charge in [0.2, 0.25) is 16.0 Å². The van der Waals surface area contributed by atoms with Gasteiger partial charge in [-0.05, 0) is 38.8 Å². The Kier molecular flexibility index (Phi) is 12.0.